The number of nitrogens with zero attached hydrogens (tertiary/aromatic N) is 5. The summed E-state index contributed by atoms with van der Waals surface area (Å²) in [5, 5.41) is 17.2. The molecule has 0 radical (unpaired) electrons. The first-order valence-corrected chi connectivity index (χ1v) is 11.1. The summed E-state index contributed by atoms with van der Waals surface area (Å²) in [5.41, 5.74) is 5.06. The van der Waals surface area contributed by atoms with E-state index in [2.05, 4.69) is 35.9 Å². The van der Waals surface area contributed by atoms with E-state index in [4.69, 9.17) is 0 Å². The number of alkyl halides is 3. The molecule has 0 amide bonds. The van der Waals surface area contributed by atoms with Gasteiger partial charge in [-0.3, -0.25) is 0 Å². The number of tetrazole rings is 1. The minimum absolute atomic E-state index is 0. The molecule has 2 aromatic carbocycles. The summed E-state index contributed by atoms with van der Waals surface area (Å²) >= 11 is 0. The van der Waals surface area contributed by atoms with Gasteiger partial charge in [-0.25, -0.2) is 15.1 Å². The molecule has 0 unspecified atom stereocenters. The normalized spacial score (nSPS) is 13.5. The minimum atomic E-state index is -4.58. The van der Waals surface area contributed by atoms with Crippen LogP contribution in [0.4, 0.5) is 19.0 Å². The summed E-state index contributed by atoms with van der Waals surface area (Å²) in [5.74, 6) is -0.220. The van der Waals surface area contributed by atoms with Gasteiger partial charge < -0.3 is 5.32 Å². The molecule has 176 valence electrons. The van der Waals surface area contributed by atoms with E-state index in [0.29, 0.717) is 30.9 Å². The zero-order valence-corrected chi connectivity index (χ0v) is 18.2. The maximum atomic E-state index is 13.4. The van der Waals surface area contributed by atoms with Gasteiger partial charge in [0, 0.05) is 23.4 Å². The number of nitrogens with one attached hydrogen (secondary N) is 2. The van der Waals surface area contributed by atoms with E-state index in [9.17, 15) is 13.2 Å². The molecule has 7 nitrogen and oxygen atoms in total. The summed E-state index contributed by atoms with van der Waals surface area (Å²) in [6.07, 6.45) is -0.610. The van der Waals surface area contributed by atoms with Gasteiger partial charge in [0.2, 0.25) is 5.82 Å². The molecule has 0 fully saturated rings. The first-order valence-electron chi connectivity index (χ1n) is 11.1. The monoisotopic (exact) mass is 505 g/mol. The predicted octanol–water partition coefficient (Wildman–Crippen LogP) is 4.58. The molecular weight excluding hydrogens is 482 g/mol. The molecule has 5 rings (SSSR count). The molecule has 1 aliphatic rings. The topological polar surface area (TPSA) is 92.3 Å². The van der Waals surface area contributed by atoms with Crippen molar-refractivity contribution in [1.29, 1.82) is 0 Å². The van der Waals surface area contributed by atoms with Crippen LogP contribution in [0.25, 0.3) is 22.5 Å². The predicted molar refractivity (Wildman–Crippen MR) is 128 cm³/mol. The van der Waals surface area contributed by atoms with Crippen LogP contribution in [0.1, 0.15) is 41.9 Å². The van der Waals surface area contributed by atoms with Crippen molar-refractivity contribution in [2.75, 3.05) is 5.32 Å². The Hall–Kier alpha value is -2.18. The molecular formula is C24H23F3KN7. The third-order valence-electron chi connectivity index (χ3n) is 5.94. The SMILES string of the molecule is FC(F)(F)c1nc2c(c(NCc3ccc(-c4ccccc4-c4nnn[nH]4)cc3)n1)CCCCC2.[KH]. The van der Waals surface area contributed by atoms with Gasteiger partial charge in [0.25, 0.3) is 0 Å². The zero-order valence-electron chi connectivity index (χ0n) is 18.2. The summed E-state index contributed by atoms with van der Waals surface area (Å²) in [6.45, 7) is 0.356. The van der Waals surface area contributed by atoms with Crippen LogP contribution in [0.15, 0.2) is 48.5 Å². The fourth-order valence-electron chi connectivity index (χ4n) is 4.25. The van der Waals surface area contributed by atoms with Gasteiger partial charge in [0.15, 0.2) is 5.82 Å². The average molecular weight is 506 g/mol. The molecule has 0 saturated carbocycles. The van der Waals surface area contributed by atoms with Gasteiger partial charge in [0.05, 0.1) is 0 Å². The number of benzene rings is 2. The summed E-state index contributed by atoms with van der Waals surface area (Å²) in [7, 11) is 0. The molecule has 35 heavy (non-hydrogen) atoms. The molecule has 2 aromatic heterocycles. The van der Waals surface area contributed by atoms with E-state index in [-0.39, 0.29) is 57.2 Å². The van der Waals surface area contributed by atoms with Crippen LogP contribution in [-0.2, 0) is 25.6 Å². The number of anilines is 1. The number of aromatic nitrogens is 6. The van der Waals surface area contributed by atoms with E-state index < -0.39 is 12.0 Å². The fourth-order valence-corrected chi connectivity index (χ4v) is 4.25. The second-order valence-electron chi connectivity index (χ2n) is 8.23. The van der Waals surface area contributed by atoms with Gasteiger partial charge in [-0.2, -0.15) is 13.2 Å². The Morgan fingerprint density at radius 1 is 0.886 bits per heavy atom. The van der Waals surface area contributed by atoms with Gasteiger partial charge in [-0.1, -0.05) is 55.0 Å². The molecule has 2 heterocycles. The van der Waals surface area contributed by atoms with Crippen LogP contribution in [0, 0.1) is 0 Å². The van der Waals surface area contributed by atoms with Crippen molar-refractivity contribution < 1.29 is 13.2 Å². The van der Waals surface area contributed by atoms with Crippen LogP contribution >= 0.6 is 0 Å². The van der Waals surface area contributed by atoms with Crippen LogP contribution in [0.5, 0.6) is 0 Å². The Labute approximate surface area is 242 Å². The van der Waals surface area contributed by atoms with E-state index in [1.54, 1.807) is 0 Å². The number of hydrogen-bond acceptors (Lipinski definition) is 6. The second kappa shape index (κ2) is 11.3. The maximum absolute atomic E-state index is 13.4. The standard InChI is InChI=1S/C24H22F3N7.K.H/c25-24(26,27)23-29-20-9-3-1-2-8-19(20)21(30-23)28-14-15-10-12-16(13-11-15)17-6-4-5-7-18(17)22-31-33-34-32-22;;/h4-7,10-13H,1-3,8-9,14H2,(H,28,29,30)(H,31,32,33,34);;. The first kappa shape index (κ1) is 25.9. The quantitative estimate of drug-likeness (QED) is 0.305. The van der Waals surface area contributed by atoms with E-state index in [0.717, 1.165) is 47.1 Å². The van der Waals surface area contributed by atoms with E-state index in [1.165, 1.54) is 0 Å². The number of aryl methyl sites for hydroxylation is 1. The number of fused-ring (bicyclic) bond motifs is 1. The fraction of sp³-hybridized carbons (Fsp3) is 0.292. The Bertz CT molecular complexity index is 1280. The van der Waals surface area contributed by atoms with Crippen molar-refractivity contribution >= 4 is 57.2 Å². The van der Waals surface area contributed by atoms with Crippen LogP contribution < -0.4 is 5.32 Å². The molecule has 0 aliphatic heterocycles. The van der Waals surface area contributed by atoms with Crippen molar-refractivity contribution in [3.63, 3.8) is 0 Å². The Kier molecular flexibility index (Phi) is 8.33. The zero-order chi connectivity index (χ0) is 23.5. The average Bonchev–Trinajstić information content (AvgIpc) is 3.27. The van der Waals surface area contributed by atoms with Crippen LogP contribution in [0.2, 0.25) is 0 Å². The van der Waals surface area contributed by atoms with Gasteiger partial charge >= 0.3 is 57.6 Å². The first-order chi connectivity index (χ1) is 16.5. The number of rotatable bonds is 5. The summed E-state index contributed by atoms with van der Waals surface area (Å²) in [6, 6.07) is 15.6. The van der Waals surface area contributed by atoms with Crippen LogP contribution in [-0.4, -0.2) is 82.0 Å². The Balaban J connectivity index is 0.00000289. The third-order valence-corrected chi connectivity index (χ3v) is 5.94. The van der Waals surface area contributed by atoms with E-state index in [1.807, 2.05) is 48.5 Å². The molecule has 11 heteroatoms. The number of aromatic amines is 1. The number of H-pyrrole nitrogens is 1. The summed E-state index contributed by atoms with van der Waals surface area (Å²) < 4.78 is 40.1. The second-order valence-corrected chi connectivity index (χ2v) is 8.23. The van der Waals surface area contributed by atoms with Gasteiger partial charge in [-0.05, 0) is 52.8 Å². The molecule has 0 atom stereocenters. The summed E-state index contributed by atoms with van der Waals surface area (Å²) in [4.78, 5) is 7.69. The number of hydrogen-bond donors (Lipinski definition) is 2. The Morgan fingerprint density at radius 3 is 2.34 bits per heavy atom. The molecule has 0 bridgehead atoms. The van der Waals surface area contributed by atoms with E-state index >= 15 is 0 Å². The molecule has 0 saturated heterocycles. The molecule has 0 spiro atoms. The Morgan fingerprint density at radius 2 is 1.63 bits per heavy atom. The van der Waals surface area contributed by atoms with Crippen molar-refractivity contribution in [2.45, 2.75) is 44.8 Å². The molecule has 4 aromatic rings. The third kappa shape index (κ3) is 5.97. The van der Waals surface area contributed by atoms with Crippen molar-refractivity contribution in [1.82, 2.24) is 30.6 Å². The van der Waals surface area contributed by atoms with Crippen molar-refractivity contribution in [3.05, 3.63) is 71.2 Å². The van der Waals surface area contributed by atoms with Crippen LogP contribution in [0.3, 0.4) is 0 Å². The molecule has 2 N–H and O–H groups in total. The van der Waals surface area contributed by atoms with Crippen molar-refractivity contribution in [3.8, 4) is 22.5 Å². The number of halogens is 3. The van der Waals surface area contributed by atoms with Crippen molar-refractivity contribution in [2.24, 2.45) is 0 Å². The van der Waals surface area contributed by atoms with Gasteiger partial charge in [-0.15, -0.1) is 5.10 Å². The van der Waals surface area contributed by atoms with Gasteiger partial charge in [0.1, 0.15) is 5.82 Å². The molecule has 1 aliphatic carbocycles.